The van der Waals surface area contributed by atoms with Crippen LogP contribution < -0.4 is 4.90 Å². The van der Waals surface area contributed by atoms with Crippen molar-refractivity contribution in [3.8, 4) is 11.3 Å². The van der Waals surface area contributed by atoms with E-state index in [2.05, 4.69) is 75.4 Å². The Morgan fingerprint density at radius 2 is 1.46 bits per heavy atom. The maximum Gasteiger partial charge on any atom is 0.123 e. The van der Waals surface area contributed by atoms with Crippen molar-refractivity contribution in [2.75, 3.05) is 57.4 Å². The molecular formula is C31H33FN4O. The second kappa shape index (κ2) is 11.0. The lowest BCUT2D eigenvalue weighted by molar-refractivity contribution is 0.0342. The van der Waals surface area contributed by atoms with Crippen LogP contribution in [0.3, 0.4) is 0 Å². The van der Waals surface area contributed by atoms with Crippen molar-refractivity contribution in [1.82, 2.24) is 14.8 Å². The summed E-state index contributed by atoms with van der Waals surface area (Å²) in [6, 6.07) is 26.4. The van der Waals surface area contributed by atoms with Crippen molar-refractivity contribution < 1.29 is 9.13 Å². The number of nitrogens with zero attached hydrogens (tertiary/aromatic N) is 4. The number of benzene rings is 3. The molecule has 190 valence electrons. The molecule has 0 bridgehead atoms. The molecule has 0 amide bonds. The summed E-state index contributed by atoms with van der Waals surface area (Å²) in [6.07, 6.45) is 0. The van der Waals surface area contributed by atoms with Crippen molar-refractivity contribution in [3.05, 3.63) is 95.8 Å². The SMILES string of the molecule is Fc1ccc2nc(-c3ccc(CN4CCOCC4)cc3)cc(CN3CCN(c4ccccc4)CC3)c2c1. The van der Waals surface area contributed by atoms with Gasteiger partial charge in [0.25, 0.3) is 0 Å². The Labute approximate surface area is 218 Å². The van der Waals surface area contributed by atoms with Gasteiger partial charge in [0, 0.05) is 69.0 Å². The summed E-state index contributed by atoms with van der Waals surface area (Å²) in [5.74, 6) is -0.218. The minimum absolute atomic E-state index is 0.218. The first-order valence-electron chi connectivity index (χ1n) is 13.2. The van der Waals surface area contributed by atoms with Crippen LogP contribution in [0.25, 0.3) is 22.2 Å². The maximum absolute atomic E-state index is 14.2. The molecule has 2 aliphatic rings. The average molecular weight is 497 g/mol. The van der Waals surface area contributed by atoms with E-state index in [9.17, 15) is 4.39 Å². The Bertz CT molecular complexity index is 1330. The third-order valence-electron chi connectivity index (χ3n) is 7.50. The molecule has 4 aromatic rings. The molecule has 2 saturated heterocycles. The Hall–Kier alpha value is -3.32. The van der Waals surface area contributed by atoms with Crippen LogP contribution in [-0.2, 0) is 17.8 Å². The predicted octanol–water partition coefficient (Wildman–Crippen LogP) is 5.20. The third kappa shape index (κ3) is 5.67. The summed E-state index contributed by atoms with van der Waals surface area (Å²) in [4.78, 5) is 12.2. The van der Waals surface area contributed by atoms with E-state index in [4.69, 9.17) is 9.72 Å². The molecule has 0 aliphatic carbocycles. The van der Waals surface area contributed by atoms with Gasteiger partial charge in [-0.15, -0.1) is 0 Å². The average Bonchev–Trinajstić information content (AvgIpc) is 2.95. The molecule has 5 nitrogen and oxygen atoms in total. The van der Waals surface area contributed by atoms with Crippen molar-refractivity contribution in [1.29, 1.82) is 0 Å². The fourth-order valence-corrected chi connectivity index (χ4v) is 5.39. The van der Waals surface area contributed by atoms with Gasteiger partial charge in [-0.05, 0) is 47.5 Å². The summed E-state index contributed by atoms with van der Waals surface area (Å²) in [5.41, 5.74) is 6.57. The molecule has 0 saturated carbocycles. The lowest BCUT2D eigenvalue weighted by Crippen LogP contribution is -2.46. The fourth-order valence-electron chi connectivity index (χ4n) is 5.39. The first-order valence-corrected chi connectivity index (χ1v) is 13.2. The van der Waals surface area contributed by atoms with Gasteiger partial charge in [0.2, 0.25) is 0 Å². The molecule has 3 aromatic carbocycles. The fraction of sp³-hybridized carbons (Fsp3) is 0.323. The molecule has 0 atom stereocenters. The van der Waals surface area contributed by atoms with Crippen LogP contribution in [0, 0.1) is 5.82 Å². The molecule has 0 unspecified atom stereocenters. The van der Waals surface area contributed by atoms with E-state index in [0.29, 0.717) is 0 Å². The minimum atomic E-state index is -0.218. The second-order valence-corrected chi connectivity index (χ2v) is 10.0. The van der Waals surface area contributed by atoms with E-state index >= 15 is 0 Å². The Morgan fingerprint density at radius 1 is 0.730 bits per heavy atom. The van der Waals surface area contributed by atoms with Gasteiger partial charge in [-0.3, -0.25) is 9.80 Å². The Balaban J connectivity index is 1.21. The van der Waals surface area contributed by atoms with Gasteiger partial charge >= 0.3 is 0 Å². The first kappa shape index (κ1) is 24.0. The van der Waals surface area contributed by atoms with Crippen molar-refractivity contribution in [2.24, 2.45) is 0 Å². The number of aromatic nitrogens is 1. The first-order chi connectivity index (χ1) is 18.2. The van der Waals surface area contributed by atoms with E-state index in [0.717, 1.165) is 93.3 Å². The van der Waals surface area contributed by atoms with Crippen LogP contribution in [0.4, 0.5) is 10.1 Å². The minimum Gasteiger partial charge on any atom is -0.379 e. The van der Waals surface area contributed by atoms with Crippen LogP contribution in [0.5, 0.6) is 0 Å². The largest absolute Gasteiger partial charge is 0.379 e. The van der Waals surface area contributed by atoms with Crippen LogP contribution in [0.2, 0.25) is 0 Å². The molecule has 0 N–H and O–H groups in total. The summed E-state index contributed by atoms with van der Waals surface area (Å²) in [7, 11) is 0. The van der Waals surface area contributed by atoms with Crippen LogP contribution in [0.1, 0.15) is 11.1 Å². The van der Waals surface area contributed by atoms with Gasteiger partial charge in [0.1, 0.15) is 5.82 Å². The molecule has 37 heavy (non-hydrogen) atoms. The zero-order valence-electron chi connectivity index (χ0n) is 21.2. The standard InChI is InChI=1S/C31H33FN4O/c32-27-10-11-30-29(21-27)26(23-34-12-14-36(15-13-34)28-4-2-1-3-5-28)20-31(33-30)25-8-6-24(7-9-25)22-35-16-18-37-19-17-35/h1-11,20-21H,12-19,22-23H2. The summed E-state index contributed by atoms with van der Waals surface area (Å²) in [5, 5.41) is 0.901. The lowest BCUT2D eigenvalue weighted by atomic mass is 10.0. The van der Waals surface area contributed by atoms with E-state index in [1.165, 1.54) is 17.3 Å². The number of fused-ring (bicyclic) bond motifs is 1. The molecule has 0 radical (unpaired) electrons. The van der Waals surface area contributed by atoms with Gasteiger partial charge in [0.05, 0.1) is 24.4 Å². The number of pyridine rings is 1. The zero-order valence-corrected chi connectivity index (χ0v) is 21.2. The molecular weight excluding hydrogens is 463 g/mol. The molecule has 6 rings (SSSR count). The van der Waals surface area contributed by atoms with E-state index in [1.807, 2.05) is 0 Å². The second-order valence-electron chi connectivity index (χ2n) is 10.0. The smallest absolute Gasteiger partial charge is 0.123 e. The highest BCUT2D eigenvalue weighted by Gasteiger charge is 2.19. The van der Waals surface area contributed by atoms with Crippen molar-refractivity contribution >= 4 is 16.6 Å². The van der Waals surface area contributed by atoms with Gasteiger partial charge < -0.3 is 9.64 Å². The number of hydrogen-bond acceptors (Lipinski definition) is 5. The molecule has 2 fully saturated rings. The summed E-state index contributed by atoms with van der Waals surface area (Å²) < 4.78 is 19.7. The summed E-state index contributed by atoms with van der Waals surface area (Å²) in [6.45, 7) is 9.22. The van der Waals surface area contributed by atoms with Crippen LogP contribution in [-0.4, -0.2) is 67.3 Å². The third-order valence-corrected chi connectivity index (χ3v) is 7.50. The number of anilines is 1. The topological polar surface area (TPSA) is 31.8 Å². The zero-order chi connectivity index (χ0) is 25.0. The molecule has 2 aliphatic heterocycles. The highest BCUT2D eigenvalue weighted by atomic mass is 19.1. The molecule has 3 heterocycles. The van der Waals surface area contributed by atoms with Gasteiger partial charge in [0.15, 0.2) is 0 Å². The predicted molar refractivity (Wildman–Crippen MR) is 147 cm³/mol. The van der Waals surface area contributed by atoms with Crippen molar-refractivity contribution in [3.63, 3.8) is 0 Å². The van der Waals surface area contributed by atoms with E-state index in [-0.39, 0.29) is 5.82 Å². The number of rotatable bonds is 6. The van der Waals surface area contributed by atoms with E-state index < -0.39 is 0 Å². The number of morpholine rings is 1. The highest BCUT2D eigenvalue weighted by Crippen LogP contribution is 2.28. The van der Waals surface area contributed by atoms with Crippen LogP contribution in [0.15, 0.2) is 78.9 Å². The van der Waals surface area contributed by atoms with Gasteiger partial charge in [-0.1, -0.05) is 42.5 Å². The number of para-hydroxylation sites is 1. The molecule has 0 spiro atoms. The monoisotopic (exact) mass is 496 g/mol. The van der Waals surface area contributed by atoms with Crippen LogP contribution >= 0.6 is 0 Å². The number of halogens is 1. The molecule has 1 aromatic heterocycles. The normalized spacial score (nSPS) is 17.4. The summed E-state index contributed by atoms with van der Waals surface area (Å²) >= 11 is 0. The number of hydrogen-bond donors (Lipinski definition) is 0. The Kier molecular flexibility index (Phi) is 7.13. The van der Waals surface area contributed by atoms with Crippen molar-refractivity contribution in [2.45, 2.75) is 13.1 Å². The van der Waals surface area contributed by atoms with Gasteiger partial charge in [-0.25, -0.2) is 9.37 Å². The quantitative estimate of drug-likeness (QED) is 0.367. The van der Waals surface area contributed by atoms with Gasteiger partial charge in [-0.2, -0.15) is 0 Å². The highest BCUT2D eigenvalue weighted by molar-refractivity contribution is 5.85. The number of piperazine rings is 1. The lowest BCUT2D eigenvalue weighted by Gasteiger charge is -2.36. The molecule has 6 heteroatoms. The maximum atomic E-state index is 14.2. The number of ether oxygens (including phenoxy) is 1. The van der Waals surface area contributed by atoms with E-state index in [1.54, 1.807) is 12.1 Å². The Morgan fingerprint density at radius 3 is 2.22 bits per heavy atom.